The SMILES string of the molecule is C=CCn1c(=O)c(C=Nc2ncccc2C)c(O)n(CCCC)c1=O. The second-order valence-electron chi connectivity index (χ2n) is 5.63. The Balaban J connectivity index is 2.61. The van der Waals surface area contributed by atoms with E-state index in [9.17, 15) is 14.7 Å². The number of hydrogen-bond acceptors (Lipinski definition) is 5. The molecular formula is C18H22N4O3. The van der Waals surface area contributed by atoms with Crippen molar-refractivity contribution in [1.82, 2.24) is 14.1 Å². The zero-order valence-corrected chi connectivity index (χ0v) is 14.5. The van der Waals surface area contributed by atoms with Gasteiger partial charge in [0, 0.05) is 25.5 Å². The zero-order valence-electron chi connectivity index (χ0n) is 14.5. The molecule has 2 rings (SSSR count). The predicted molar refractivity (Wildman–Crippen MR) is 98.0 cm³/mol. The van der Waals surface area contributed by atoms with Gasteiger partial charge in [0.15, 0.2) is 5.82 Å². The van der Waals surface area contributed by atoms with Gasteiger partial charge in [-0.15, -0.1) is 6.58 Å². The molecule has 2 aromatic rings. The summed E-state index contributed by atoms with van der Waals surface area (Å²) >= 11 is 0. The largest absolute Gasteiger partial charge is 0.494 e. The van der Waals surface area contributed by atoms with Crippen LogP contribution in [0, 0.1) is 6.92 Å². The van der Waals surface area contributed by atoms with Crippen LogP contribution in [-0.2, 0) is 13.1 Å². The maximum Gasteiger partial charge on any atom is 0.334 e. The van der Waals surface area contributed by atoms with Crippen molar-refractivity contribution in [3.05, 3.63) is 62.9 Å². The lowest BCUT2D eigenvalue weighted by Gasteiger charge is -2.13. The van der Waals surface area contributed by atoms with Crippen molar-refractivity contribution in [3.63, 3.8) is 0 Å². The third kappa shape index (κ3) is 3.93. The Morgan fingerprint density at radius 2 is 2.12 bits per heavy atom. The molecule has 1 N–H and O–H groups in total. The molecule has 7 heteroatoms. The highest BCUT2D eigenvalue weighted by atomic mass is 16.3. The minimum Gasteiger partial charge on any atom is -0.494 e. The van der Waals surface area contributed by atoms with Gasteiger partial charge < -0.3 is 5.11 Å². The summed E-state index contributed by atoms with van der Waals surface area (Å²) in [5.41, 5.74) is -0.360. The minimum absolute atomic E-state index is 0.0393. The molecule has 25 heavy (non-hydrogen) atoms. The van der Waals surface area contributed by atoms with Crippen LogP contribution in [0.25, 0.3) is 0 Å². The normalized spacial score (nSPS) is 11.1. The van der Waals surface area contributed by atoms with Crippen LogP contribution in [0.1, 0.15) is 30.9 Å². The minimum atomic E-state index is -0.604. The van der Waals surface area contributed by atoms with Gasteiger partial charge in [0.25, 0.3) is 5.56 Å². The van der Waals surface area contributed by atoms with E-state index in [1.807, 2.05) is 19.9 Å². The monoisotopic (exact) mass is 342 g/mol. The van der Waals surface area contributed by atoms with Gasteiger partial charge in [-0.1, -0.05) is 25.5 Å². The number of nitrogens with zero attached hydrogens (tertiary/aromatic N) is 4. The highest BCUT2D eigenvalue weighted by Crippen LogP contribution is 2.15. The summed E-state index contributed by atoms with van der Waals surface area (Å²) in [5, 5.41) is 10.4. The standard InChI is InChI=1S/C18H22N4O3/c1-4-6-11-22-17(24)14(16(23)21(10-5-2)18(22)25)12-20-15-13(3)8-7-9-19-15/h5,7-9,12,24H,2,4,6,10-11H2,1,3H3. The van der Waals surface area contributed by atoms with Gasteiger partial charge >= 0.3 is 5.69 Å². The Labute approximate surface area is 145 Å². The average molecular weight is 342 g/mol. The van der Waals surface area contributed by atoms with E-state index in [4.69, 9.17) is 0 Å². The number of pyridine rings is 1. The number of rotatable bonds is 7. The van der Waals surface area contributed by atoms with Crippen molar-refractivity contribution in [1.29, 1.82) is 0 Å². The van der Waals surface area contributed by atoms with Crippen LogP contribution in [0.4, 0.5) is 5.82 Å². The average Bonchev–Trinajstić information content (AvgIpc) is 2.60. The van der Waals surface area contributed by atoms with Crippen LogP contribution in [0.5, 0.6) is 5.88 Å². The van der Waals surface area contributed by atoms with E-state index in [0.717, 1.165) is 16.6 Å². The second kappa shape index (κ2) is 8.23. The van der Waals surface area contributed by atoms with Crippen molar-refractivity contribution in [2.45, 2.75) is 39.8 Å². The molecule has 2 heterocycles. The third-order valence-electron chi connectivity index (χ3n) is 3.78. The molecule has 0 spiro atoms. The molecule has 0 aliphatic carbocycles. The fourth-order valence-electron chi connectivity index (χ4n) is 2.37. The summed E-state index contributed by atoms with van der Waals surface area (Å²) in [7, 11) is 0. The Morgan fingerprint density at radius 3 is 2.76 bits per heavy atom. The van der Waals surface area contributed by atoms with Gasteiger partial charge in [0.1, 0.15) is 5.56 Å². The number of aryl methyl sites for hydroxylation is 1. The number of aliphatic imine (C=N–C) groups is 1. The maximum atomic E-state index is 12.6. The fraction of sp³-hybridized carbons (Fsp3) is 0.333. The summed E-state index contributed by atoms with van der Waals surface area (Å²) in [6.07, 6.45) is 5.87. The summed E-state index contributed by atoms with van der Waals surface area (Å²) in [4.78, 5) is 33.3. The van der Waals surface area contributed by atoms with Crippen molar-refractivity contribution in [2.24, 2.45) is 4.99 Å². The molecule has 0 fully saturated rings. The van der Waals surface area contributed by atoms with Gasteiger partial charge in [-0.05, 0) is 25.0 Å². The Bertz CT molecular complexity index is 910. The van der Waals surface area contributed by atoms with Crippen LogP contribution in [0.3, 0.4) is 0 Å². The summed E-state index contributed by atoms with van der Waals surface area (Å²) < 4.78 is 2.23. The first-order valence-corrected chi connectivity index (χ1v) is 8.14. The molecule has 0 unspecified atom stereocenters. The van der Waals surface area contributed by atoms with Crippen LogP contribution in [-0.4, -0.2) is 25.4 Å². The molecule has 0 atom stereocenters. The lowest BCUT2D eigenvalue weighted by molar-refractivity contribution is 0.385. The maximum absolute atomic E-state index is 12.6. The molecule has 2 aromatic heterocycles. The Hall–Kier alpha value is -2.96. The molecule has 0 amide bonds. The van der Waals surface area contributed by atoms with Crippen molar-refractivity contribution in [2.75, 3.05) is 0 Å². The molecule has 0 saturated heterocycles. The molecule has 0 saturated carbocycles. The van der Waals surface area contributed by atoms with Crippen molar-refractivity contribution >= 4 is 12.0 Å². The van der Waals surface area contributed by atoms with E-state index < -0.39 is 11.2 Å². The fourth-order valence-corrected chi connectivity index (χ4v) is 2.37. The third-order valence-corrected chi connectivity index (χ3v) is 3.78. The van der Waals surface area contributed by atoms with E-state index >= 15 is 0 Å². The van der Waals surface area contributed by atoms with E-state index in [-0.39, 0.29) is 18.0 Å². The first-order chi connectivity index (χ1) is 12.0. The van der Waals surface area contributed by atoms with Gasteiger partial charge in [-0.25, -0.2) is 14.8 Å². The van der Waals surface area contributed by atoms with E-state index in [1.54, 1.807) is 12.3 Å². The zero-order chi connectivity index (χ0) is 18.4. The van der Waals surface area contributed by atoms with Crippen LogP contribution < -0.4 is 11.2 Å². The first kappa shape index (κ1) is 18.4. The van der Waals surface area contributed by atoms with Gasteiger partial charge in [-0.2, -0.15) is 0 Å². The van der Waals surface area contributed by atoms with Gasteiger partial charge in [0.05, 0.1) is 0 Å². The molecule has 132 valence electrons. The topological polar surface area (TPSA) is 89.5 Å². The highest BCUT2D eigenvalue weighted by Gasteiger charge is 2.16. The predicted octanol–water partition coefficient (Wildman–Crippen LogP) is 2.16. The second-order valence-corrected chi connectivity index (χ2v) is 5.63. The molecule has 0 bridgehead atoms. The number of allylic oxidation sites excluding steroid dienone is 1. The van der Waals surface area contributed by atoms with E-state index in [0.29, 0.717) is 18.8 Å². The number of unbranched alkanes of at least 4 members (excludes halogenated alkanes) is 1. The quantitative estimate of drug-likeness (QED) is 0.617. The molecule has 0 aromatic carbocycles. The molecule has 0 aliphatic heterocycles. The van der Waals surface area contributed by atoms with Crippen molar-refractivity contribution < 1.29 is 5.11 Å². The van der Waals surface area contributed by atoms with E-state index in [2.05, 4.69) is 16.6 Å². The van der Waals surface area contributed by atoms with Crippen LogP contribution in [0.15, 0.2) is 45.6 Å². The Kier molecular flexibility index (Phi) is 6.05. The summed E-state index contributed by atoms with van der Waals surface area (Å²) in [6.45, 7) is 7.78. The molecule has 0 aliphatic rings. The summed E-state index contributed by atoms with van der Waals surface area (Å²) in [6, 6.07) is 3.63. The van der Waals surface area contributed by atoms with Crippen LogP contribution in [0.2, 0.25) is 0 Å². The number of aromatic hydroxyl groups is 1. The van der Waals surface area contributed by atoms with Crippen molar-refractivity contribution in [3.8, 4) is 5.88 Å². The van der Waals surface area contributed by atoms with Gasteiger partial charge in [-0.3, -0.25) is 13.9 Å². The van der Waals surface area contributed by atoms with Crippen LogP contribution >= 0.6 is 0 Å². The smallest absolute Gasteiger partial charge is 0.334 e. The summed E-state index contributed by atoms with van der Waals surface area (Å²) in [5.74, 6) is 0.0731. The molecular weight excluding hydrogens is 320 g/mol. The lowest BCUT2D eigenvalue weighted by atomic mass is 10.3. The van der Waals surface area contributed by atoms with Gasteiger partial charge in [0.2, 0.25) is 5.88 Å². The lowest BCUT2D eigenvalue weighted by Crippen LogP contribution is -2.41. The number of hydrogen-bond donors (Lipinski definition) is 1. The highest BCUT2D eigenvalue weighted by molar-refractivity contribution is 5.83. The first-order valence-electron chi connectivity index (χ1n) is 8.14. The Morgan fingerprint density at radius 1 is 1.36 bits per heavy atom. The number of aromatic nitrogens is 3. The molecule has 0 radical (unpaired) electrons. The van der Waals surface area contributed by atoms with E-state index in [1.165, 1.54) is 16.9 Å². The molecule has 7 nitrogen and oxygen atoms in total.